The van der Waals surface area contributed by atoms with Crippen molar-refractivity contribution in [1.82, 2.24) is 9.80 Å². The molecule has 0 aromatic heterocycles. The third-order valence-electron chi connectivity index (χ3n) is 4.55. The van der Waals surface area contributed by atoms with Crippen molar-refractivity contribution in [2.24, 2.45) is 0 Å². The van der Waals surface area contributed by atoms with Gasteiger partial charge in [0.2, 0.25) is 6.41 Å². The minimum atomic E-state index is -0.977. The largest absolute Gasteiger partial charge is 0.479 e. The number of carbonyl (C=O) groups excluding carboxylic acids is 1. The average Bonchev–Trinajstić information content (AvgIpc) is 2.54. The number of hydrogen-bond acceptors (Lipinski definition) is 3. The van der Waals surface area contributed by atoms with Crippen molar-refractivity contribution < 1.29 is 14.7 Å². The molecule has 2 heterocycles. The fraction of sp³-hybridized carbons (Fsp3) is 0.833. The van der Waals surface area contributed by atoms with E-state index < -0.39 is 11.5 Å². The van der Waals surface area contributed by atoms with E-state index in [1.807, 2.05) is 6.92 Å². The van der Waals surface area contributed by atoms with Crippen LogP contribution in [0, 0.1) is 0 Å². The topological polar surface area (TPSA) is 60.9 Å². The van der Waals surface area contributed by atoms with Crippen LogP contribution in [0.1, 0.15) is 32.6 Å². The number of hydrogen-bond donors (Lipinski definition) is 1. The van der Waals surface area contributed by atoms with Gasteiger partial charge in [0.1, 0.15) is 5.54 Å². The predicted molar refractivity (Wildman–Crippen MR) is 62.6 cm³/mol. The monoisotopic (exact) mass is 240 g/mol. The van der Waals surface area contributed by atoms with Crippen LogP contribution >= 0.6 is 0 Å². The Labute approximate surface area is 101 Å². The molecule has 5 heteroatoms. The van der Waals surface area contributed by atoms with Gasteiger partial charge in [-0.1, -0.05) is 0 Å². The summed E-state index contributed by atoms with van der Waals surface area (Å²) < 4.78 is 0. The van der Waals surface area contributed by atoms with Crippen molar-refractivity contribution in [2.45, 2.75) is 50.2 Å². The zero-order valence-electron chi connectivity index (χ0n) is 10.4. The summed E-state index contributed by atoms with van der Waals surface area (Å²) in [6, 6.07) is 0.609. The van der Waals surface area contributed by atoms with Gasteiger partial charge in [-0.3, -0.25) is 4.79 Å². The van der Waals surface area contributed by atoms with E-state index >= 15 is 0 Å². The van der Waals surface area contributed by atoms with Crippen molar-refractivity contribution in [2.75, 3.05) is 13.6 Å². The number of piperidine rings is 1. The van der Waals surface area contributed by atoms with E-state index in [4.69, 9.17) is 0 Å². The Balaban J connectivity index is 2.31. The molecule has 2 aliphatic heterocycles. The summed E-state index contributed by atoms with van der Waals surface area (Å²) >= 11 is 0. The molecule has 0 aromatic carbocycles. The third-order valence-corrected chi connectivity index (χ3v) is 4.55. The van der Waals surface area contributed by atoms with E-state index in [2.05, 4.69) is 11.9 Å². The van der Waals surface area contributed by atoms with E-state index in [1.165, 1.54) is 4.90 Å². The molecular weight excluding hydrogens is 220 g/mol. The van der Waals surface area contributed by atoms with Gasteiger partial charge in [-0.2, -0.15) is 0 Å². The Morgan fingerprint density at radius 3 is 2.35 bits per heavy atom. The maximum Gasteiger partial charge on any atom is 0.329 e. The number of carbonyl (C=O) groups is 2. The van der Waals surface area contributed by atoms with Gasteiger partial charge >= 0.3 is 5.97 Å². The standard InChI is InChI=1S/C12H20N2O3/c1-3-14(8-15)12(11(16)17)6-9-4-5-10(7-12)13(9)2/h8-10H,3-7H2,1-2H3,(H,16,17). The highest BCUT2D eigenvalue weighted by atomic mass is 16.4. The van der Waals surface area contributed by atoms with Crippen LogP contribution in [0.5, 0.6) is 0 Å². The van der Waals surface area contributed by atoms with E-state index in [0.717, 1.165) is 12.8 Å². The minimum absolute atomic E-state index is 0.304. The third kappa shape index (κ3) is 1.73. The Morgan fingerprint density at radius 1 is 1.47 bits per heavy atom. The smallest absolute Gasteiger partial charge is 0.329 e. The van der Waals surface area contributed by atoms with E-state index in [0.29, 0.717) is 37.9 Å². The number of nitrogens with zero attached hydrogens (tertiary/aromatic N) is 2. The lowest BCUT2D eigenvalue weighted by molar-refractivity contribution is -0.160. The second kappa shape index (κ2) is 4.29. The van der Waals surface area contributed by atoms with E-state index in [9.17, 15) is 14.7 Å². The number of aliphatic carboxylic acids is 1. The van der Waals surface area contributed by atoms with Gasteiger partial charge in [0, 0.05) is 18.6 Å². The van der Waals surface area contributed by atoms with E-state index in [1.54, 1.807) is 0 Å². The number of carboxylic acid groups (broad SMARTS) is 1. The van der Waals surface area contributed by atoms with Crippen molar-refractivity contribution in [3.8, 4) is 0 Å². The molecule has 2 aliphatic rings. The molecule has 0 aliphatic carbocycles. The van der Waals surface area contributed by atoms with Crippen LogP contribution in [0.4, 0.5) is 0 Å². The van der Waals surface area contributed by atoms with E-state index in [-0.39, 0.29) is 0 Å². The van der Waals surface area contributed by atoms with Gasteiger partial charge < -0.3 is 14.9 Å². The highest BCUT2D eigenvalue weighted by molar-refractivity contribution is 5.82. The first kappa shape index (κ1) is 12.4. The van der Waals surface area contributed by atoms with Crippen LogP contribution in [0.2, 0.25) is 0 Å². The van der Waals surface area contributed by atoms with Crippen molar-refractivity contribution in [3.63, 3.8) is 0 Å². The number of fused-ring (bicyclic) bond motifs is 2. The van der Waals surface area contributed by atoms with Crippen molar-refractivity contribution >= 4 is 12.4 Å². The minimum Gasteiger partial charge on any atom is -0.479 e. The highest BCUT2D eigenvalue weighted by Crippen LogP contribution is 2.42. The first-order valence-electron chi connectivity index (χ1n) is 6.22. The number of amides is 1. The SMILES string of the molecule is CCN(C=O)C1(C(=O)O)CC2CCC(C1)N2C. The Kier molecular flexibility index (Phi) is 3.12. The first-order chi connectivity index (χ1) is 8.05. The van der Waals surface area contributed by atoms with Gasteiger partial charge in [-0.25, -0.2) is 4.79 Å². The molecule has 2 saturated heterocycles. The summed E-state index contributed by atoms with van der Waals surface area (Å²) in [7, 11) is 2.06. The first-order valence-corrected chi connectivity index (χ1v) is 6.22. The molecule has 5 nitrogen and oxygen atoms in total. The number of carboxylic acids is 1. The molecule has 2 bridgehead atoms. The fourth-order valence-corrected chi connectivity index (χ4v) is 3.46. The quantitative estimate of drug-likeness (QED) is 0.729. The second-order valence-electron chi connectivity index (χ2n) is 5.19. The maximum atomic E-state index is 11.6. The molecule has 0 aromatic rings. The Hall–Kier alpha value is -1.10. The van der Waals surface area contributed by atoms with Crippen LogP contribution in [0.3, 0.4) is 0 Å². The summed E-state index contributed by atoms with van der Waals surface area (Å²) in [4.78, 5) is 26.5. The van der Waals surface area contributed by atoms with Crippen molar-refractivity contribution in [1.29, 1.82) is 0 Å². The lowest BCUT2D eigenvalue weighted by atomic mass is 9.81. The lowest BCUT2D eigenvalue weighted by Gasteiger charge is -2.47. The average molecular weight is 240 g/mol. The summed E-state index contributed by atoms with van der Waals surface area (Å²) in [5, 5.41) is 9.55. The zero-order valence-corrected chi connectivity index (χ0v) is 10.4. The van der Waals surface area contributed by atoms with Gasteiger partial charge in [-0.15, -0.1) is 0 Å². The molecular formula is C12H20N2O3. The van der Waals surface area contributed by atoms with Crippen LogP contribution in [-0.4, -0.2) is 58.5 Å². The normalized spacial score (nSPS) is 36.8. The highest BCUT2D eigenvalue weighted by Gasteiger charge is 2.54. The number of rotatable bonds is 4. The molecule has 2 atom stereocenters. The summed E-state index contributed by atoms with van der Waals surface area (Å²) in [6.45, 7) is 2.29. The fourth-order valence-electron chi connectivity index (χ4n) is 3.46. The van der Waals surface area contributed by atoms with Gasteiger partial charge in [0.25, 0.3) is 0 Å². The van der Waals surface area contributed by atoms with Crippen LogP contribution < -0.4 is 0 Å². The summed E-state index contributed by atoms with van der Waals surface area (Å²) in [5.74, 6) is -0.851. The molecule has 2 unspecified atom stereocenters. The molecule has 0 saturated carbocycles. The molecule has 2 rings (SSSR count). The zero-order chi connectivity index (χ0) is 12.6. The molecule has 0 spiro atoms. The summed E-state index contributed by atoms with van der Waals surface area (Å²) in [6.07, 6.45) is 3.90. The van der Waals surface area contributed by atoms with Gasteiger partial charge in [-0.05, 0) is 39.7 Å². The molecule has 0 radical (unpaired) electrons. The summed E-state index contributed by atoms with van der Waals surface area (Å²) in [5.41, 5.74) is -0.977. The lowest BCUT2D eigenvalue weighted by Crippen LogP contribution is -2.62. The second-order valence-corrected chi connectivity index (χ2v) is 5.19. The Morgan fingerprint density at radius 2 is 2.00 bits per heavy atom. The van der Waals surface area contributed by atoms with Gasteiger partial charge in [0.05, 0.1) is 0 Å². The molecule has 1 N–H and O–H groups in total. The van der Waals surface area contributed by atoms with Gasteiger partial charge in [0.15, 0.2) is 0 Å². The molecule has 17 heavy (non-hydrogen) atoms. The predicted octanol–water partition coefficient (Wildman–Crippen LogP) is 0.545. The Bertz CT molecular complexity index is 318. The maximum absolute atomic E-state index is 11.6. The van der Waals surface area contributed by atoms with Crippen molar-refractivity contribution in [3.05, 3.63) is 0 Å². The number of likely N-dealkylation sites (N-methyl/N-ethyl adjacent to an activating group) is 1. The van der Waals surface area contributed by atoms with Crippen LogP contribution in [0.15, 0.2) is 0 Å². The van der Waals surface area contributed by atoms with Crippen LogP contribution in [-0.2, 0) is 9.59 Å². The molecule has 96 valence electrons. The van der Waals surface area contributed by atoms with Crippen LogP contribution in [0.25, 0.3) is 0 Å². The molecule has 1 amide bonds. The molecule has 2 fully saturated rings.